The van der Waals surface area contributed by atoms with E-state index in [1.54, 1.807) is 6.92 Å². The van der Waals surface area contributed by atoms with Gasteiger partial charge in [-0.15, -0.1) is 5.10 Å². The van der Waals surface area contributed by atoms with Crippen molar-refractivity contribution in [1.29, 1.82) is 0 Å². The molecule has 2 rings (SSSR count). The lowest BCUT2D eigenvalue weighted by molar-refractivity contribution is -0.123. The van der Waals surface area contributed by atoms with Crippen molar-refractivity contribution in [2.75, 3.05) is 11.9 Å². The second kappa shape index (κ2) is 9.40. The van der Waals surface area contributed by atoms with E-state index in [0.29, 0.717) is 11.7 Å². The first-order valence-corrected chi connectivity index (χ1v) is 9.67. The van der Waals surface area contributed by atoms with E-state index >= 15 is 0 Å². The van der Waals surface area contributed by atoms with Crippen LogP contribution in [-0.2, 0) is 16.1 Å². The van der Waals surface area contributed by atoms with Crippen LogP contribution in [0.4, 0.5) is 5.69 Å². The number of hydrogen-bond acceptors (Lipinski definition) is 5. The maximum Gasteiger partial charge on any atom is 0.343 e. The molecule has 0 spiro atoms. The van der Waals surface area contributed by atoms with Gasteiger partial charge >= 0.3 is 5.69 Å². The molecule has 1 heterocycles. The first-order valence-electron chi connectivity index (χ1n) is 8.79. The molecule has 3 N–H and O–H groups in total. The van der Waals surface area contributed by atoms with Crippen molar-refractivity contribution in [3.63, 3.8) is 0 Å². The Kier molecular flexibility index (Phi) is 7.23. The van der Waals surface area contributed by atoms with Crippen LogP contribution in [-0.4, -0.2) is 38.4 Å². The molecule has 1 aromatic heterocycles. The highest BCUT2D eigenvalue weighted by Crippen LogP contribution is 2.20. The molecule has 1 atom stereocenters. The van der Waals surface area contributed by atoms with Crippen LogP contribution < -0.4 is 16.3 Å². The Morgan fingerprint density at radius 2 is 1.96 bits per heavy atom. The highest BCUT2D eigenvalue weighted by atomic mass is 32.2. The van der Waals surface area contributed by atoms with Gasteiger partial charge in [-0.05, 0) is 38.3 Å². The summed E-state index contributed by atoms with van der Waals surface area (Å²) in [6.07, 6.45) is 0.784. The number of aromatic nitrogens is 3. The number of nitrogens with one attached hydrogen (secondary N) is 3. The Bertz CT molecular complexity index is 854. The molecule has 0 bridgehead atoms. The molecule has 0 saturated carbocycles. The molecule has 0 saturated heterocycles. The molecule has 0 aliphatic rings. The summed E-state index contributed by atoms with van der Waals surface area (Å²) in [5.74, 6) is -0.587. The van der Waals surface area contributed by atoms with Crippen LogP contribution in [0.2, 0.25) is 0 Å². The van der Waals surface area contributed by atoms with E-state index in [4.69, 9.17) is 0 Å². The van der Waals surface area contributed by atoms with Crippen molar-refractivity contribution in [3.8, 4) is 0 Å². The van der Waals surface area contributed by atoms with Gasteiger partial charge < -0.3 is 10.6 Å². The number of aryl methyl sites for hydroxylation is 2. The molecule has 1 aromatic carbocycles. The second-order valence-corrected chi connectivity index (χ2v) is 7.56. The van der Waals surface area contributed by atoms with Crippen molar-refractivity contribution < 1.29 is 9.59 Å². The van der Waals surface area contributed by atoms with E-state index in [0.717, 1.165) is 23.2 Å². The maximum atomic E-state index is 12.3. The summed E-state index contributed by atoms with van der Waals surface area (Å²) in [6.45, 7) is 7.90. The predicted molar refractivity (Wildman–Crippen MR) is 106 cm³/mol. The van der Waals surface area contributed by atoms with Gasteiger partial charge in [0, 0.05) is 12.2 Å². The maximum absolute atomic E-state index is 12.3. The van der Waals surface area contributed by atoms with E-state index in [-0.39, 0.29) is 24.0 Å². The minimum Gasteiger partial charge on any atom is -0.346 e. The van der Waals surface area contributed by atoms with Crippen molar-refractivity contribution in [1.82, 2.24) is 20.1 Å². The van der Waals surface area contributed by atoms with Crippen LogP contribution in [0, 0.1) is 13.8 Å². The predicted octanol–water partition coefficient (Wildman–Crippen LogP) is 1.83. The monoisotopic (exact) mass is 391 g/mol. The average molecular weight is 391 g/mol. The van der Waals surface area contributed by atoms with E-state index < -0.39 is 5.25 Å². The molecule has 8 nitrogen and oxygen atoms in total. The van der Waals surface area contributed by atoms with Gasteiger partial charge in [0.25, 0.3) is 0 Å². The van der Waals surface area contributed by atoms with Crippen molar-refractivity contribution in [2.24, 2.45) is 0 Å². The number of aromatic amines is 1. The Balaban J connectivity index is 1.89. The molecule has 0 aliphatic carbocycles. The number of carbonyl (C=O) groups is 2. The smallest absolute Gasteiger partial charge is 0.343 e. The minimum absolute atomic E-state index is 0.125. The molecule has 0 aliphatic heterocycles. The first kappa shape index (κ1) is 20.8. The molecule has 2 amide bonds. The highest BCUT2D eigenvalue weighted by molar-refractivity contribution is 8.00. The topological polar surface area (TPSA) is 109 Å². The van der Waals surface area contributed by atoms with E-state index in [1.165, 1.54) is 16.3 Å². The number of rotatable bonds is 8. The molecular formula is C18H25N5O3S. The molecule has 0 fully saturated rings. The second-order valence-electron chi connectivity index (χ2n) is 6.26. The molecule has 27 heavy (non-hydrogen) atoms. The van der Waals surface area contributed by atoms with Crippen LogP contribution in [0.3, 0.4) is 0 Å². The standard InChI is InChI=1S/C18H25N5O3S/c1-5-9-23-17(26)21-22-18(23)27-13(4)16(25)19-10-14(24)20-15-11(2)7-6-8-12(15)3/h6-8,13H,5,9-10H2,1-4H3,(H,19,25)(H,20,24)(H,21,26)/t13-/m1/s1. The Morgan fingerprint density at radius 3 is 2.59 bits per heavy atom. The zero-order chi connectivity index (χ0) is 20.0. The van der Waals surface area contributed by atoms with Crippen molar-refractivity contribution in [3.05, 3.63) is 39.8 Å². The Labute approximate surface area is 162 Å². The number of thioether (sulfide) groups is 1. The molecule has 0 radical (unpaired) electrons. The molecule has 2 aromatic rings. The third-order valence-corrected chi connectivity index (χ3v) is 5.08. The summed E-state index contributed by atoms with van der Waals surface area (Å²) in [5, 5.41) is 11.8. The Morgan fingerprint density at radius 1 is 1.30 bits per heavy atom. The van der Waals surface area contributed by atoms with Crippen LogP contribution in [0.1, 0.15) is 31.4 Å². The number of para-hydroxylation sites is 1. The van der Waals surface area contributed by atoms with Crippen LogP contribution in [0.5, 0.6) is 0 Å². The molecule has 146 valence electrons. The first-order chi connectivity index (χ1) is 12.8. The van der Waals surface area contributed by atoms with Gasteiger partial charge in [0.2, 0.25) is 11.8 Å². The number of H-pyrrole nitrogens is 1. The number of benzene rings is 1. The van der Waals surface area contributed by atoms with Gasteiger partial charge in [-0.1, -0.05) is 36.9 Å². The number of carbonyl (C=O) groups excluding carboxylic acids is 2. The quantitative estimate of drug-likeness (QED) is 0.595. The van der Waals surface area contributed by atoms with Gasteiger partial charge in [0.15, 0.2) is 5.16 Å². The lowest BCUT2D eigenvalue weighted by Crippen LogP contribution is -2.37. The van der Waals surface area contributed by atoms with Crippen LogP contribution in [0.25, 0.3) is 0 Å². The number of amides is 2. The summed E-state index contributed by atoms with van der Waals surface area (Å²) in [6, 6.07) is 5.76. The third kappa shape index (κ3) is 5.46. The summed E-state index contributed by atoms with van der Waals surface area (Å²) >= 11 is 1.18. The lowest BCUT2D eigenvalue weighted by atomic mass is 10.1. The van der Waals surface area contributed by atoms with Gasteiger partial charge in [0.05, 0.1) is 11.8 Å². The van der Waals surface area contributed by atoms with Crippen molar-refractivity contribution >= 4 is 29.3 Å². The minimum atomic E-state index is -0.496. The highest BCUT2D eigenvalue weighted by Gasteiger charge is 2.19. The zero-order valence-corrected chi connectivity index (χ0v) is 16.8. The van der Waals surface area contributed by atoms with Gasteiger partial charge in [-0.25, -0.2) is 9.89 Å². The van der Waals surface area contributed by atoms with Gasteiger partial charge in [0.1, 0.15) is 0 Å². The summed E-state index contributed by atoms with van der Waals surface area (Å²) in [5.41, 5.74) is 2.40. The fourth-order valence-corrected chi connectivity index (χ4v) is 3.44. The third-order valence-electron chi connectivity index (χ3n) is 3.99. The SMILES string of the molecule is CCCn1c(S[C@H](C)C(=O)NCC(=O)Nc2c(C)cccc2C)n[nH]c1=O. The number of nitrogens with zero attached hydrogens (tertiary/aromatic N) is 2. The van der Waals surface area contributed by atoms with Gasteiger partial charge in [-0.3, -0.25) is 14.2 Å². The molecule has 0 unspecified atom stereocenters. The van der Waals surface area contributed by atoms with Crippen LogP contribution >= 0.6 is 11.8 Å². The van der Waals surface area contributed by atoms with E-state index in [9.17, 15) is 14.4 Å². The van der Waals surface area contributed by atoms with E-state index in [1.807, 2.05) is 39.0 Å². The normalized spacial score (nSPS) is 11.9. The van der Waals surface area contributed by atoms with Crippen molar-refractivity contribution in [2.45, 2.75) is 51.1 Å². The molecular weight excluding hydrogens is 366 g/mol. The largest absolute Gasteiger partial charge is 0.346 e. The summed E-state index contributed by atoms with van der Waals surface area (Å²) < 4.78 is 1.50. The Hall–Kier alpha value is -2.55. The zero-order valence-electron chi connectivity index (χ0n) is 16.0. The summed E-state index contributed by atoms with van der Waals surface area (Å²) in [4.78, 5) is 36.1. The summed E-state index contributed by atoms with van der Waals surface area (Å²) in [7, 11) is 0. The van der Waals surface area contributed by atoms with E-state index in [2.05, 4.69) is 20.8 Å². The van der Waals surface area contributed by atoms with Crippen LogP contribution in [0.15, 0.2) is 28.2 Å². The number of anilines is 1. The fourth-order valence-electron chi connectivity index (χ4n) is 2.53. The number of hydrogen-bond donors (Lipinski definition) is 3. The fraction of sp³-hybridized carbons (Fsp3) is 0.444. The molecule has 9 heteroatoms. The average Bonchev–Trinajstić information content (AvgIpc) is 2.96. The lowest BCUT2D eigenvalue weighted by Gasteiger charge is -2.14. The van der Waals surface area contributed by atoms with Gasteiger partial charge in [-0.2, -0.15) is 0 Å².